The Hall–Kier alpha value is -1.85. The van der Waals surface area contributed by atoms with Gasteiger partial charge in [0, 0.05) is 0 Å². The minimum Gasteiger partial charge on any atom is -0.410 e. The molecular formula is C9H7FN2O6S2. The molecule has 0 bridgehead atoms. The molecule has 0 aliphatic heterocycles. The minimum atomic E-state index is -4.69. The molecule has 0 aliphatic rings. The van der Waals surface area contributed by atoms with Crippen molar-refractivity contribution in [3.05, 3.63) is 36.0 Å². The van der Waals surface area contributed by atoms with Gasteiger partial charge in [-0.1, -0.05) is 5.10 Å². The largest absolute Gasteiger partial charge is 0.410 e. The zero-order valence-electron chi connectivity index (χ0n) is 9.59. The summed E-state index contributed by atoms with van der Waals surface area (Å²) in [5.41, 5.74) is 0. The Morgan fingerprint density at radius 2 is 1.70 bits per heavy atom. The standard InChI is InChI=1S/C9H7FN2O6S2/c10-6-1-3-7(4-2-6)19(13,14)5-8-11-12-9(18-8)20(15,16)17/h1-4H,5H2,(H,15,16,17). The van der Waals surface area contributed by atoms with Crippen LogP contribution in [0.25, 0.3) is 0 Å². The molecule has 20 heavy (non-hydrogen) atoms. The average Bonchev–Trinajstić information content (AvgIpc) is 2.77. The molecule has 0 radical (unpaired) electrons. The fourth-order valence-electron chi connectivity index (χ4n) is 1.29. The second-order valence-corrected chi connectivity index (χ2v) is 6.94. The number of benzene rings is 1. The fourth-order valence-corrected chi connectivity index (χ4v) is 2.79. The summed E-state index contributed by atoms with van der Waals surface area (Å²) >= 11 is 0. The number of rotatable bonds is 4. The molecule has 1 aromatic heterocycles. The molecule has 1 aromatic carbocycles. The molecule has 0 aliphatic carbocycles. The second-order valence-electron chi connectivity index (χ2n) is 3.65. The van der Waals surface area contributed by atoms with E-state index in [-0.39, 0.29) is 4.90 Å². The molecule has 0 amide bonds. The van der Waals surface area contributed by atoms with Gasteiger partial charge in [-0.15, -0.1) is 5.10 Å². The summed E-state index contributed by atoms with van der Waals surface area (Å²) in [6.45, 7) is 0. The molecule has 2 aromatic rings. The van der Waals surface area contributed by atoms with E-state index in [0.29, 0.717) is 0 Å². The Morgan fingerprint density at radius 1 is 1.10 bits per heavy atom. The van der Waals surface area contributed by atoms with Gasteiger partial charge >= 0.3 is 15.3 Å². The van der Waals surface area contributed by atoms with Gasteiger partial charge in [0.25, 0.3) is 0 Å². The zero-order valence-corrected chi connectivity index (χ0v) is 11.2. The van der Waals surface area contributed by atoms with E-state index in [1.54, 1.807) is 0 Å². The smallest absolute Gasteiger partial charge is 0.363 e. The molecule has 108 valence electrons. The maximum atomic E-state index is 12.7. The average molecular weight is 322 g/mol. The number of aromatic nitrogens is 2. The van der Waals surface area contributed by atoms with Crippen LogP contribution in [0.5, 0.6) is 0 Å². The van der Waals surface area contributed by atoms with E-state index in [0.717, 1.165) is 24.3 Å². The Labute approximate surface area is 112 Å². The van der Waals surface area contributed by atoms with E-state index in [9.17, 15) is 21.2 Å². The van der Waals surface area contributed by atoms with Crippen molar-refractivity contribution in [2.24, 2.45) is 0 Å². The van der Waals surface area contributed by atoms with Crippen LogP contribution in [-0.4, -0.2) is 31.6 Å². The second kappa shape index (κ2) is 4.92. The van der Waals surface area contributed by atoms with Crippen molar-refractivity contribution in [1.29, 1.82) is 0 Å². The first-order valence-electron chi connectivity index (χ1n) is 4.97. The van der Waals surface area contributed by atoms with Gasteiger partial charge in [-0.3, -0.25) is 4.55 Å². The van der Waals surface area contributed by atoms with Crippen LogP contribution in [0.3, 0.4) is 0 Å². The first kappa shape index (κ1) is 14.6. The van der Waals surface area contributed by atoms with Gasteiger partial charge in [0.2, 0.25) is 5.89 Å². The van der Waals surface area contributed by atoms with Gasteiger partial charge in [-0.2, -0.15) is 8.42 Å². The maximum Gasteiger partial charge on any atom is 0.363 e. The molecule has 0 atom stereocenters. The van der Waals surface area contributed by atoms with Crippen molar-refractivity contribution >= 4 is 20.0 Å². The molecule has 0 unspecified atom stereocenters. The van der Waals surface area contributed by atoms with Gasteiger partial charge in [-0.25, -0.2) is 12.8 Å². The van der Waals surface area contributed by atoms with E-state index in [4.69, 9.17) is 4.55 Å². The molecule has 2 rings (SSSR count). The van der Waals surface area contributed by atoms with E-state index in [1.807, 2.05) is 0 Å². The number of nitrogens with zero attached hydrogens (tertiary/aromatic N) is 2. The van der Waals surface area contributed by atoms with E-state index in [1.165, 1.54) is 0 Å². The van der Waals surface area contributed by atoms with Crippen molar-refractivity contribution in [3.63, 3.8) is 0 Å². The highest BCUT2D eigenvalue weighted by Gasteiger charge is 2.23. The first-order valence-corrected chi connectivity index (χ1v) is 8.06. The lowest BCUT2D eigenvalue weighted by molar-refractivity contribution is 0.375. The number of sulfone groups is 1. The van der Waals surface area contributed by atoms with Crippen molar-refractivity contribution in [2.75, 3.05) is 0 Å². The number of hydrogen-bond acceptors (Lipinski definition) is 7. The predicted octanol–water partition coefficient (Wildman–Crippen LogP) is 0.429. The van der Waals surface area contributed by atoms with Crippen molar-refractivity contribution in [2.45, 2.75) is 15.9 Å². The lowest BCUT2D eigenvalue weighted by Crippen LogP contribution is -2.05. The third kappa shape index (κ3) is 3.18. The van der Waals surface area contributed by atoms with Crippen LogP contribution in [0.15, 0.2) is 38.8 Å². The van der Waals surface area contributed by atoms with Gasteiger partial charge < -0.3 is 4.42 Å². The summed E-state index contributed by atoms with van der Waals surface area (Å²) in [5, 5.41) is 5.11. The van der Waals surface area contributed by atoms with Gasteiger partial charge in [0.1, 0.15) is 11.6 Å². The highest BCUT2D eigenvalue weighted by Crippen LogP contribution is 2.17. The van der Waals surface area contributed by atoms with Crippen LogP contribution >= 0.6 is 0 Å². The van der Waals surface area contributed by atoms with Crippen molar-refractivity contribution in [3.8, 4) is 0 Å². The quantitative estimate of drug-likeness (QED) is 0.634. The van der Waals surface area contributed by atoms with E-state index < -0.39 is 42.6 Å². The van der Waals surface area contributed by atoms with E-state index in [2.05, 4.69) is 14.6 Å². The van der Waals surface area contributed by atoms with Crippen molar-refractivity contribution in [1.82, 2.24) is 10.2 Å². The summed E-state index contributed by atoms with van der Waals surface area (Å²) in [6.07, 6.45) is 0. The topological polar surface area (TPSA) is 127 Å². The zero-order chi connectivity index (χ0) is 15.0. The summed E-state index contributed by atoms with van der Waals surface area (Å²) in [4.78, 5) is -0.189. The molecule has 0 fully saturated rings. The predicted molar refractivity (Wildman–Crippen MR) is 61.4 cm³/mol. The van der Waals surface area contributed by atoms with Crippen LogP contribution in [0.2, 0.25) is 0 Å². The molecule has 0 spiro atoms. The number of halogens is 1. The first-order chi connectivity index (χ1) is 9.18. The highest BCUT2D eigenvalue weighted by atomic mass is 32.2. The van der Waals surface area contributed by atoms with Crippen LogP contribution in [0.1, 0.15) is 5.89 Å². The molecule has 1 N–H and O–H groups in total. The maximum absolute atomic E-state index is 12.7. The monoisotopic (exact) mass is 322 g/mol. The summed E-state index contributed by atoms with van der Waals surface area (Å²) in [7, 11) is -8.59. The Balaban J connectivity index is 2.29. The molecule has 8 nitrogen and oxygen atoms in total. The summed E-state index contributed by atoms with van der Waals surface area (Å²) in [5.74, 6) is -1.89. The molecule has 11 heteroatoms. The molecule has 1 heterocycles. The number of hydrogen-bond donors (Lipinski definition) is 1. The highest BCUT2D eigenvalue weighted by molar-refractivity contribution is 7.90. The van der Waals surface area contributed by atoms with Crippen LogP contribution in [0, 0.1) is 5.82 Å². The Bertz CT molecular complexity index is 826. The van der Waals surface area contributed by atoms with Crippen LogP contribution in [0.4, 0.5) is 4.39 Å². The van der Waals surface area contributed by atoms with Gasteiger partial charge in [0.05, 0.1) is 4.90 Å². The molecule has 0 saturated carbocycles. The Morgan fingerprint density at radius 3 is 2.20 bits per heavy atom. The van der Waals surface area contributed by atoms with Crippen LogP contribution < -0.4 is 0 Å². The fraction of sp³-hybridized carbons (Fsp3) is 0.111. The Kier molecular flexibility index (Phi) is 3.58. The van der Waals surface area contributed by atoms with Crippen molar-refractivity contribution < 1.29 is 30.2 Å². The lowest BCUT2D eigenvalue weighted by atomic mass is 10.4. The normalized spacial score (nSPS) is 12.5. The minimum absolute atomic E-state index is 0.189. The van der Waals surface area contributed by atoms with E-state index >= 15 is 0 Å². The third-order valence-corrected chi connectivity index (χ3v) is 4.38. The lowest BCUT2D eigenvalue weighted by Gasteiger charge is -2.00. The molecular weight excluding hydrogens is 315 g/mol. The van der Waals surface area contributed by atoms with Gasteiger partial charge in [0.15, 0.2) is 9.84 Å². The summed E-state index contributed by atoms with van der Waals surface area (Å²) < 4.78 is 71.0. The summed E-state index contributed by atoms with van der Waals surface area (Å²) in [6, 6.07) is 4.02. The SMILES string of the molecule is O=S(=O)(O)c1nnc(CS(=O)(=O)c2ccc(F)cc2)o1. The van der Waals surface area contributed by atoms with Crippen LogP contribution in [-0.2, 0) is 25.7 Å². The van der Waals surface area contributed by atoms with Gasteiger partial charge in [-0.05, 0) is 24.3 Å². The molecule has 0 saturated heterocycles. The third-order valence-electron chi connectivity index (χ3n) is 2.16.